The van der Waals surface area contributed by atoms with E-state index >= 15 is 0 Å². The Balaban J connectivity index is 3.14. The van der Waals surface area contributed by atoms with Crippen LogP contribution in [-0.2, 0) is 0 Å². The summed E-state index contributed by atoms with van der Waals surface area (Å²) >= 11 is 0. The molecular weight excluding hydrogens is 248 g/mol. The maximum Gasteiger partial charge on any atom is 0.293 e. The number of benzene rings is 1. The molecule has 0 aliphatic rings. The Morgan fingerprint density at radius 1 is 1.53 bits per heavy atom. The van der Waals surface area contributed by atoms with Crippen LogP contribution in [0.4, 0.5) is 11.4 Å². The van der Waals surface area contributed by atoms with E-state index in [4.69, 9.17) is 5.73 Å². The van der Waals surface area contributed by atoms with Crippen LogP contribution >= 0.6 is 0 Å². The van der Waals surface area contributed by atoms with Gasteiger partial charge in [0.15, 0.2) is 0 Å². The molecule has 7 nitrogen and oxygen atoms in total. The maximum absolute atomic E-state index is 11.7. The monoisotopic (exact) mass is 266 g/mol. The fraction of sp³-hybridized carbons (Fsp3) is 0.417. The number of nitrogens with zero attached hydrogens (tertiary/aromatic N) is 2. The molecule has 0 fully saturated rings. The van der Waals surface area contributed by atoms with Gasteiger partial charge in [0.2, 0.25) is 0 Å². The lowest BCUT2D eigenvalue weighted by Crippen LogP contribution is -2.26. The van der Waals surface area contributed by atoms with Gasteiger partial charge in [-0.3, -0.25) is 14.9 Å². The number of amides is 1. The predicted molar refractivity (Wildman–Crippen MR) is 73.4 cm³/mol. The Labute approximate surface area is 111 Å². The van der Waals surface area contributed by atoms with E-state index in [9.17, 15) is 14.9 Å². The van der Waals surface area contributed by atoms with Gasteiger partial charge < -0.3 is 16.0 Å². The average molecular weight is 266 g/mol. The van der Waals surface area contributed by atoms with Gasteiger partial charge in [0, 0.05) is 38.3 Å². The van der Waals surface area contributed by atoms with E-state index in [1.54, 1.807) is 31.0 Å². The van der Waals surface area contributed by atoms with Gasteiger partial charge in [-0.1, -0.05) is 0 Å². The van der Waals surface area contributed by atoms with E-state index in [-0.39, 0.29) is 17.2 Å². The smallest absolute Gasteiger partial charge is 0.293 e. The van der Waals surface area contributed by atoms with Crippen LogP contribution in [0.25, 0.3) is 0 Å². The maximum atomic E-state index is 11.7. The molecule has 104 valence electrons. The van der Waals surface area contributed by atoms with Crippen LogP contribution in [0.5, 0.6) is 0 Å². The number of rotatable bonds is 6. The van der Waals surface area contributed by atoms with Crippen LogP contribution in [0.2, 0.25) is 0 Å². The number of anilines is 1. The number of nitro benzene ring substituents is 1. The van der Waals surface area contributed by atoms with Crippen LogP contribution in [-0.4, -0.2) is 37.5 Å². The molecule has 0 saturated carbocycles. The Bertz CT molecular complexity index is 476. The highest BCUT2D eigenvalue weighted by atomic mass is 16.6. The average Bonchev–Trinajstić information content (AvgIpc) is 2.38. The number of nitrogens with two attached hydrogens (primary N) is 1. The topological polar surface area (TPSA) is 102 Å². The van der Waals surface area contributed by atoms with E-state index in [1.165, 1.54) is 6.07 Å². The number of carbonyl (C=O) groups excluding carboxylic acids is 1. The van der Waals surface area contributed by atoms with Crippen molar-refractivity contribution in [1.82, 2.24) is 5.32 Å². The summed E-state index contributed by atoms with van der Waals surface area (Å²) < 4.78 is 0. The third-order valence-electron chi connectivity index (χ3n) is 2.65. The first-order valence-electron chi connectivity index (χ1n) is 5.99. The molecule has 3 N–H and O–H groups in total. The summed E-state index contributed by atoms with van der Waals surface area (Å²) in [7, 11) is 1.72. The normalized spacial score (nSPS) is 10.1. The second kappa shape index (κ2) is 6.69. The Hall–Kier alpha value is -2.15. The van der Waals surface area contributed by atoms with Crippen molar-refractivity contribution in [3.05, 3.63) is 33.9 Å². The van der Waals surface area contributed by atoms with E-state index in [1.807, 2.05) is 0 Å². The molecule has 7 heteroatoms. The zero-order valence-electron chi connectivity index (χ0n) is 11.0. The molecule has 0 atom stereocenters. The molecule has 0 heterocycles. The molecule has 0 radical (unpaired) electrons. The number of nitrogens with one attached hydrogen (secondary N) is 1. The minimum atomic E-state index is -0.495. The molecule has 1 aromatic carbocycles. The van der Waals surface area contributed by atoms with Crippen molar-refractivity contribution in [2.45, 2.75) is 6.92 Å². The van der Waals surface area contributed by atoms with Crippen molar-refractivity contribution >= 4 is 17.3 Å². The van der Waals surface area contributed by atoms with Gasteiger partial charge in [0.25, 0.3) is 11.6 Å². The highest BCUT2D eigenvalue weighted by Crippen LogP contribution is 2.28. The standard InChI is InChI=1S/C12H18N4O3/c1-3-14-12(17)9-4-5-10(15(2)7-6-13)11(8-9)16(18)19/h4-5,8H,3,6-7,13H2,1-2H3,(H,14,17). The van der Waals surface area contributed by atoms with Crippen molar-refractivity contribution in [3.63, 3.8) is 0 Å². The summed E-state index contributed by atoms with van der Waals surface area (Å²) in [6.07, 6.45) is 0. The van der Waals surface area contributed by atoms with E-state index in [0.717, 1.165) is 0 Å². The fourth-order valence-electron chi connectivity index (χ4n) is 1.71. The third kappa shape index (κ3) is 3.65. The number of hydrogen-bond donors (Lipinski definition) is 2. The molecule has 0 aliphatic heterocycles. The van der Waals surface area contributed by atoms with Gasteiger partial charge in [-0.2, -0.15) is 0 Å². The first-order valence-corrected chi connectivity index (χ1v) is 5.99. The van der Waals surface area contributed by atoms with Crippen molar-refractivity contribution in [2.24, 2.45) is 5.73 Å². The van der Waals surface area contributed by atoms with Crippen LogP contribution in [0, 0.1) is 10.1 Å². The largest absolute Gasteiger partial charge is 0.368 e. The summed E-state index contributed by atoms with van der Waals surface area (Å²) in [5.41, 5.74) is 6.06. The number of likely N-dealkylation sites (N-methyl/N-ethyl adjacent to an activating group) is 1. The van der Waals surface area contributed by atoms with E-state index in [2.05, 4.69) is 5.32 Å². The molecule has 0 aliphatic carbocycles. The Kier molecular flexibility index (Phi) is 5.25. The highest BCUT2D eigenvalue weighted by molar-refractivity contribution is 5.95. The Morgan fingerprint density at radius 3 is 2.74 bits per heavy atom. The van der Waals surface area contributed by atoms with Crippen molar-refractivity contribution < 1.29 is 9.72 Å². The van der Waals surface area contributed by atoms with Gasteiger partial charge in [-0.25, -0.2) is 0 Å². The summed E-state index contributed by atoms with van der Waals surface area (Å²) in [6.45, 7) is 3.16. The lowest BCUT2D eigenvalue weighted by Gasteiger charge is -2.18. The van der Waals surface area contributed by atoms with Gasteiger partial charge in [-0.05, 0) is 19.1 Å². The molecule has 0 unspecified atom stereocenters. The van der Waals surface area contributed by atoms with Crippen LogP contribution < -0.4 is 16.0 Å². The predicted octanol–water partition coefficient (Wildman–Crippen LogP) is 0.739. The van der Waals surface area contributed by atoms with Gasteiger partial charge in [0.1, 0.15) is 5.69 Å². The highest BCUT2D eigenvalue weighted by Gasteiger charge is 2.19. The van der Waals surface area contributed by atoms with Gasteiger partial charge in [-0.15, -0.1) is 0 Å². The zero-order chi connectivity index (χ0) is 14.4. The quantitative estimate of drug-likeness (QED) is 0.584. The number of hydrogen-bond acceptors (Lipinski definition) is 5. The molecular formula is C12H18N4O3. The second-order valence-electron chi connectivity index (χ2n) is 4.03. The molecule has 1 rings (SSSR count). The summed E-state index contributed by atoms with van der Waals surface area (Å²) in [6, 6.07) is 4.42. The summed E-state index contributed by atoms with van der Waals surface area (Å²) in [4.78, 5) is 23.9. The van der Waals surface area contributed by atoms with Crippen molar-refractivity contribution in [1.29, 1.82) is 0 Å². The Morgan fingerprint density at radius 2 is 2.21 bits per heavy atom. The lowest BCUT2D eigenvalue weighted by atomic mass is 10.1. The van der Waals surface area contributed by atoms with Crippen LogP contribution in [0.1, 0.15) is 17.3 Å². The molecule has 0 saturated heterocycles. The molecule has 0 aromatic heterocycles. The van der Waals surface area contributed by atoms with Gasteiger partial charge >= 0.3 is 0 Å². The first-order chi connectivity index (χ1) is 9.01. The molecule has 0 bridgehead atoms. The number of carbonyl (C=O) groups is 1. The van der Waals surface area contributed by atoms with Gasteiger partial charge in [0.05, 0.1) is 4.92 Å². The minimum absolute atomic E-state index is 0.0975. The molecule has 0 spiro atoms. The second-order valence-corrected chi connectivity index (χ2v) is 4.03. The van der Waals surface area contributed by atoms with Crippen molar-refractivity contribution in [2.75, 3.05) is 31.6 Å². The lowest BCUT2D eigenvalue weighted by molar-refractivity contribution is -0.384. The minimum Gasteiger partial charge on any atom is -0.368 e. The zero-order valence-corrected chi connectivity index (χ0v) is 11.0. The SMILES string of the molecule is CCNC(=O)c1ccc(N(C)CCN)c([N+](=O)[O-])c1. The van der Waals surface area contributed by atoms with Crippen molar-refractivity contribution in [3.8, 4) is 0 Å². The molecule has 19 heavy (non-hydrogen) atoms. The number of nitro groups is 1. The summed E-state index contributed by atoms with van der Waals surface area (Å²) in [5, 5.41) is 13.7. The molecule has 1 amide bonds. The molecule has 1 aromatic rings. The summed E-state index contributed by atoms with van der Waals surface area (Å²) in [5.74, 6) is -0.321. The van der Waals surface area contributed by atoms with E-state index < -0.39 is 4.92 Å². The third-order valence-corrected chi connectivity index (χ3v) is 2.65. The van der Waals surface area contributed by atoms with Crippen LogP contribution in [0.3, 0.4) is 0 Å². The first kappa shape index (κ1) is 14.9. The van der Waals surface area contributed by atoms with Crippen LogP contribution in [0.15, 0.2) is 18.2 Å². The van der Waals surface area contributed by atoms with E-state index in [0.29, 0.717) is 25.3 Å². The fourth-order valence-corrected chi connectivity index (χ4v) is 1.71.